The van der Waals surface area contributed by atoms with Crippen LogP contribution < -0.4 is 5.32 Å². The summed E-state index contributed by atoms with van der Waals surface area (Å²) in [6.07, 6.45) is 1.27. The van der Waals surface area contributed by atoms with Crippen LogP contribution in [0.15, 0.2) is 21.7 Å². The van der Waals surface area contributed by atoms with Crippen LogP contribution in [0.5, 0.6) is 0 Å². The van der Waals surface area contributed by atoms with E-state index in [0.29, 0.717) is 30.1 Å². The van der Waals surface area contributed by atoms with Gasteiger partial charge in [-0.3, -0.25) is 9.59 Å². The number of rotatable bonds is 7. The molecule has 0 aromatic carbocycles. The number of amides is 2. The largest absolute Gasteiger partial charge is 0.352 e. The van der Waals surface area contributed by atoms with Gasteiger partial charge in [-0.2, -0.15) is 4.31 Å². The van der Waals surface area contributed by atoms with Crippen molar-refractivity contribution in [2.24, 2.45) is 5.92 Å². The van der Waals surface area contributed by atoms with Gasteiger partial charge in [-0.1, -0.05) is 6.07 Å². The minimum Gasteiger partial charge on any atom is -0.352 e. The van der Waals surface area contributed by atoms with Gasteiger partial charge in [-0.05, 0) is 45.1 Å². The number of hydrogen-bond donors (Lipinski definition) is 1. The standard InChI is InChI=1S/C17H27N3O4S2/c1-4-19(12-15(21)18-13(2)3)17(22)14-7-5-9-20(11-14)26(23,24)16-8-6-10-25-16/h6,8,10,13-14H,4-5,7,9,11-12H2,1-3H3,(H,18,21). The second-order valence-electron chi connectivity index (χ2n) is 6.71. The van der Waals surface area contributed by atoms with Gasteiger partial charge in [-0.25, -0.2) is 8.42 Å². The van der Waals surface area contributed by atoms with E-state index in [1.807, 2.05) is 20.8 Å². The average molecular weight is 402 g/mol. The number of carbonyl (C=O) groups is 2. The molecular weight excluding hydrogens is 374 g/mol. The Morgan fingerprint density at radius 2 is 2.15 bits per heavy atom. The van der Waals surface area contributed by atoms with Crippen molar-refractivity contribution in [1.29, 1.82) is 0 Å². The second kappa shape index (κ2) is 8.96. The van der Waals surface area contributed by atoms with Crippen LogP contribution >= 0.6 is 11.3 Å². The highest BCUT2D eigenvalue weighted by molar-refractivity contribution is 7.91. The van der Waals surface area contributed by atoms with Gasteiger partial charge >= 0.3 is 0 Å². The molecule has 1 aromatic rings. The summed E-state index contributed by atoms with van der Waals surface area (Å²) >= 11 is 1.18. The Balaban J connectivity index is 2.05. The molecule has 1 aromatic heterocycles. The molecule has 1 aliphatic rings. The van der Waals surface area contributed by atoms with E-state index in [2.05, 4.69) is 5.32 Å². The van der Waals surface area contributed by atoms with Gasteiger partial charge in [-0.15, -0.1) is 11.3 Å². The quantitative estimate of drug-likeness (QED) is 0.750. The minimum atomic E-state index is -3.55. The van der Waals surface area contributed by atoms with Crippen LogP contribution in [-0.2, 0) is 19.6 Å². The summed E-state index contributed by atoms with van der Waals surface area (Å²) in [4.78, 5) is 26.3. The van der Waals surface area contributed by atoms with Gasteiger partial charge in [0.1, 0.15) is 4.21 Å². The molecule has 0 spiro atoms. The topological polar surface area (TPSA) is 86.8 Å². The first kappa shape index (κ1) is 20.9. The predicted octanol–water partition coefficient (Wildman–Crippen LogP) is 1.52. The summed E-state index contributed by atoms with van der Waals surface area (Å²) in [5.74, 6) is -0.767. The molecule has 146 valence electrons. The van der Waals surface area contributed by atoms with E-state index in [-0.39, 0.29) is 30.9 Å². The Morgan fingerprint density at radius 3 is 2.73 bits per heavy atom. The molecule has 0 radical (unpaired) electrons. The summed E-state index contributed by atoms with van der Waals surface area (Å²) in [7, 11) is -3.55. The van der Waals surface area contributed by atoms with Crippen molar-refractivity contribution in [2.45, 2.75) is 43.9 Å². The fourth-order valence-electron chi connectivity index (χ4n) is 3.04. The Kier molecular flexibility index (Phi) is 7.19. The molecule has 1 unspecified atom stereocenters. The molecule has 0 saturated carbocycles. The van der Waals surface area contributed by atoms with Crippen molar-refractivity contribution >= 4 is 33.2 Å². The molecule has 26 heavy (non-hydrogen) atoms. The maximum atomic E-state index is 12.8. The summed E-state index contributed by atoms with van der Waals surface area (Å²) in [5.41, 5.74) is 0. The van der Waals surface area contributed by atoms with Crippen LogP contribution in [0.1, 0.15) is 33.6 Å². The summed E-state index contributed by atoms with van der Waals surface area (Å²) in [5, 5.41) is 4.51. The summed E-state index contributed by atoms with van der Waals surface area (Å²) < 4.78 is 27.1. The summed E-state index contributed by atoms with van der Waals surface area (Å²) in [6, 6.07) is 3.30. The number of thiophene rings is 1. The monoisotopic (exact) mass is 401 g/mol. The minimum absolute atomic E-state index is 0.00167. The SMILES string of the molecule is CCN(CC(=O)NC(C)C)C(=O)C1CCCN(S(=O)(=O)c2cccs2)C1. The number of likely N-dealkylation sites (N-methyl/N-ethyl adjacent to an activating group) is 1. The molecule has 2 amide bonds. The lowest BCUT2D eigenvalue weighted by atomic mass is 9.98. The van der Waals surface area contributed by atoms with Gasteiger partial charge in [0, 0.05) is 25.7 Å². The predicted molar refractivity (Wildman–Crippen MR) is 101 cm³/mol. The van der Waals surface area contributed by atoms with Gasteiger partial charge < -0.3 is 10.2 Å². The lowest BCUT2D eigenvalue weighted by Gasteiger charge is -2.33. The number of nitrogens with zero attached hydrogens (tertiary/aromatic N) is 2. The van der Waals surface area contributed by atoms with E-state index >= 15 is 0 Å². The molecule has 1 saturated heterocycles. The van der Waals surface area contributed by atoms with Gasteiger partial charge in [0.15, 0.2) is 0 Å². The normalized spacial score (nSPS) is 18.7. The van der Waals surface area contributed by atoms with Gasteiger partial charge in [0.05, 0.1) is 12.5 Å². The number of carbonyl (C=O) groups excluding carboxylic acids is 2. The fraction of sp³-hybridized carbons (Fsp3) is 0.647. The number of hydrogen-bond acceptors (Lipinski definition) is 5. The maximum absolute atomic E-state index is 12.8. The van der Waals surface area contributed by atoms with E-state index in [4.69, 9.17) is 0 Å². The van der Waals surface area contributed by atoms with Crippen molar-refractivity contribution in [1.82, 2.24) is 14.5 Å². The van der Waals surface area contributed by atoms with Crippen molar-refractivity contribution < 1.29 is 18.0 Å². The number of sulfonamides is 1. The molecule has 2 heterocycles. The molecule has 0 bridgehead atoms. The van der Waals surface area contributed by atoms with E-state index in [9.17, 15) is 18.0 Å². The van der Waals surface area contributed by atoms with Gasteiger partial charge in [0.25, 0.3) is 10.0 Å². The van der Waals surface area contributed by atoms with Crippen LogP contribution in [0.2, 0.25) is 0 Å². The average Bonchev–Trinajstić information content (AvgIpc) is 3.14. The molecule has 1 N–H and O–H groups in total. The van der Waals surface area contributed by atoms with Crippen molar-refractivity contribution in [3.63, 3.8) is 0 Å². The smallest absolute Gasteiger partial charge is 0.252 e. The molecule has 7 nitrogen and oxygen atoms in total. The van der Waals surface area contributed by atoms with Crippen LogP contribution in [-0.4, -0.2) is 61.7 Å². The Labute approximate surface area is 159 Å². The zero-order valence-corrected chi connectivity index (χ0v) is 17.1. The molecular formula is C17H27N3O4S2. The van der Waals surface area contributed by atoms with Gasteiger partial charge in [0.2, 0.25) is 11.8 Å². The van der Waals surface area contributed by atoms with E-state index in [1.54, 1.807) is 17.5 Å². The first-order valence-corrected chi connectivity index (χ1v) is 11.2. The lowest BCUT2D eigenvalue weighted by Crippen LogP contribution is -2.49. The molecule has 1 atom stereocenters. The maximum Gasteiger partial charge on any atom is 0.252 e. The van der Waals surface area contributed by atoms with Crippen LogP contribution in [0.25, 0.3) is 0 Å². The molecule has 2 rings (SSSR count). The second-order valence-corrected chi connectivity index (χ2v) is 9.82. The van der Waals surface area contributed by atoms with E-state index in [1.165, 1.54) is 20.5 Å². The molecule has 1 aliphatic heterocycles. The molecule has 0 aliphatic carbocycles. The van der Waals surface area contributed by atoms with Crippen molar-refractivity contribution in [2.75, 3.05) is 26.2 Å². The van der Waals surface area contributed by atoms with Crippen LogP contribution in [0.3, 0.4) is 0 Å². The first-order valence-electron chi connectivity index (χ1n) is 8.87. The molecule has 9 heteroatoms. The highest BCUT2D eigenvalue weighted by Crippen LogP contribution is 2.27. The third kappa shape index (κ3) is 5.05. The Bertz CT molecular complexity index is 716. The highest BCUT2D eigenvalue weighted by atomic mass is 32.2. The van der Waals surface area contributed by atoms with Crippen LogP contribution in [0.4, 0.5) is 0 Å². The third-order valence-electron chi connectivity index (χ3n) is 4.30. The summed E-state index contributed by atoms with van der Waals surface area (Å²) in [6.45, 7) is 6.56. The van der Waals surface area contributed by atoms with Crippen molar-refractivity contribution in [3.05, 3.63) is 17.5 Å². The first-order chi connectivity index (χ1) is 12.3. The van der Waals surface area contributed by atoms with Crippen LogP contribution in [0, 0.1) is 5.92 Å². The van der Waals surface area contributed by atoms with E-state index in [0.717, 1.165) is 0 Å². The molecule has 1 fully saturated rings. The number of piperidine rings is 1. The number of nitrogens with one attached hydrogen (secondary N) is 1. The Morgan fingerprint density at radius 1 is 1.42 bits per heavy atom. The van der Waals surface area contributed by atoms with Crippen molar-refractivity contribution in [3.8, 4) is 0 Å². The fourth-order valence-corrected chi connectivity index (χ4v) is 5.71. The zero-order valence-electron chi connectivity index (χ0n) is 15.5. The lowest BCUT2D eigenvalue weighted by molar-refractivity contribution is -0.140. The third-order valence-corrected chi connectivity index (χ3v) is 7.54. The Hall–Kier alpha value is -1.45. The zero-order chi connectivity index (χ0) is 19.3. The highest BCUT2D eigenvalue weighted by Gasteiger charge is 2.35. The van der Waals surface area contributed by atoms with E-state index < -0.39 is 15.9 Å².